The minimum atomic E-state index is -8.49. The van der Waals surface area contributed by atoms with E-state index in [4.69, 9.17) is 0 Å². The Morgan fingerprint density at radius 2 is 0.711 bits per heavy atom. The molecule has 1 atom stereocenters. The highest BCUT2D eigenvalue weighted by Crippen LogP contribution is 2.65. The van der Waals surface area contributed by atoms with Crippen molar-refractivity contribution in [2.24, 2.45) is 0 Å². The molecule has 1 aliphatic rings. The molecule has 0 aliphatic heterocycles. The van der Waals surface area contributed by atoms with E-state index >= 15 is 0 Å². The zero-order chi connectivity index (χ0) is 31.2. The fourth-order valence-corrected chi connectivity index (χ4v) is 2.61. The van der Waals surface area contributed by atoms with Crippen LogP contribution in [-0.4, -0.2) is 66.0 Å². The Morgan fingerprint density at radius 1 is 0.447 bits per heavy atom. The molecule has 0 aromatic carbocycles. The molecule has 226 valence electrons. The van der Waals surface area contributed by atoms with Gasteiger partial charge in [0, 0.05) is 6.08 Å². The maximum Gasteiger partial charge on any atom is 0.447 e. The fourth-order valence-electron chi connectivity index (χ4n) is 2.61. The molecule has 1 rings (SSSR count). The lowest BCUT2D eigenvalue weighted by Gasteiger charge is -2.45. The summed E-state index contributed by atoms with van der Waals surface area (Å²) in [4.78, 5) is 0. The van der Waals surface area contributed by atoms with E-state index in [0.717, 1.165) is 0 Å². The van der Waals surface area contributed by atoms with E-state index < -0.39 is 77.8 Å². The van der Waals surface area contributed by atoms with Gasteiger partial charge >= 0.3 is 66.0 Å². The van der Waals surface area contributed by atoms with Gasteiger partial charge in [-0.2, -0.15) is 101 Å². The highest BCUT2D eigenvalue weighted by molar-refractivity contribution is 5.31. The molecule has 25 heteroatoms. The van der Waals surface area contributed by atoms with Gasteiger partial charge in [-0.05, 0) is 0 Å². The van der Waals surface area contributed by atoms with Crippen molar-refractivity contribution in [2.45, 2.75) is 66.0 Å². The Bertz CT molecular complexity index is 848. The third-order valence-electron chi connectivity index (χ3n) is 4.40. The van der Waals surface area contributed by atoms with Crippen LogP contribution in [0, 0.1) is 0 Å². The Balaban J connectivity index is 4.24. The summed E-state index contributed by atoms with van der Waals surface area (Å²) < 4.78 is 305. The molecule has 0 aromatic heterocycles. The van der Waals surface area contributed by atoms with Crippen LogP contribution in [0.1, 0.15) is 0 Å². The number of halogens is 23. The Labute approximate surface area is 189 Å². The lowest BCUT2D eigenvalue weighted by molar-refractivity contribution is -0.504. The van der Waals surface area contributed by atoms with Crippen LogP contribution in [0.5, 0.6) is 0 Å². The largest absolute Gasteiger partial charge is 0.460 e. The first-order chi connectivity index (χ1) is 16.0. The molecule has 0 bridgehead atoms. The molecule has 1 aliphatic carbocycles. The molecule has 0 fully saturated rings. The van der Waals surface area contributed by atoms with E-state index in [9.17, 15) is 101 Å². The minimum absolute atomic E-state index is 1.56. The van der Waals surface area contributed by atoms with Crippen LogP contribution in [0.3, 0.4) is 0 Å². The molecule has 0 amide bonds. The molecule has 0 radical (unpaired) electrons. The first-order valence-corrected chi connectivity index (χ1v) is 7.99. The van der Waals surface area contributed by atoms with Gasteiger partial charge in [0.1, 0.15) is 0 Å². The second-order valence-corrected chi connectivity index (χ2v) is 6.85. The third-order valence-corrected chi connectivity index (χ3v) is 4.40. The zero-order valence-corrected chi connectivity index (χ0v) is 16.1. The number of hydrogen-bond acceptors (Lipinski definition) is 2. The van der Waals surface area contributed by atoms with Crippen LogP contribution in [0.4, 0.5) is 101 Å². The fraction of sp³-hybridized carbons (Fsp3) is 0.846. The molecule has 1 unspecified atom stereocenters. The lowest BCUT2D eigenvalue weighted by Crippen LogP contribution is -2.73. The van der Waals surface area contributed by atoms with Gasteiger partial charge in [-0.1, -0.05) is 0 Å². The first-order valence-electron chi connectivity index (χ1n) is 7.99. The van der Waals surface area contributed by atoms with E-state index in [0.29, 0.717) is 0 Å². The number of allylic oxidation sites excluding steroid dienone is 1. The van der Waals surface area contributed by atoms with Crippen LogP contribution in [0.15, 0.2) is 11.8 Å². The SMILES string of the molecule is FC(F)(F)C(OC1=CC(F)(F)C(F)(F)C1(F)OC(C(F)(F)F)(C(F)(F)F)C(F)(F)F)(C(F)(F)F)C(F)(F)F. The van der Waals surface area contributed by atoms with Gasteiger partial charge in [0.05, 0.1) is 0 Å². The van der Waals surface area contributed by atoms with Gasteiger partial charge in [-0.25, -0.2) is 0 Å². The molecule has 0 heterocycles. The summed E-state index contributed by atoms with van der Waals surface area (Å²) in [6.45, 7) is 0. The minimum Gasteiger partial charge on any atom is -0.460 e. The second kappa shape index (κ2) is 8.20. The predicted molar refractivity (Wildman–Crippen MR) is 65.8 cm³/mol. The van der Waals surface area contributed by atoms with E-state index in [1.165, 1.54) is 0 Å². The third kappa shape index (κ3) is 4.34. The molecule has 0 saturated carbocycles. The quantitative estimate of drug-likeness (QED) is 0.298. The number of ether oxygens (including phenoxy) is 2. The lowest BCUT2D eigenvalue weighted by atomic mass is 9.99. The number of hydrogen-bond donors (Lipinski definition) is 0. The van der Waals surface area contributed by atoms with E-state index in [1.807, 2.05) is 4.74 Å². The molecular weight excluding hydrogens is 625 g/mol. The predicted octanol–water partition coefficient (Wildman–Crippen LogP) is 7.70. The van der Waals surface area contributed by atoms with E-state index in [1.54, 1.807) is 4.74 Å². The standard InChI is InChI=1S/C13HF23O2/c14-3(15)1-2(37-5(8(19,20)21,9(22,23)24)10(25,26)27)4(16,7(3,17)18)38-6(11(28,29)30,12(31,32)33)13(34,35)36/h1H. The number of rotatable bonds is 4. The smallest absolute Gasteiger partial charge is 0.447 e. The van der Waals surface area contributed by atoms with Gasteiger partial charge in [0.15, 0.2) is 5.76 Å². The van der Waals surface area contributed by atoms with Crippen LogP contribution in [0.2, 0.25) is 0 Å². The van der Waals surface area contributed by atoms with Gasteiger partial charge in [0.2, 0.25) is 0 Å². The van der Waals surface area contributed by atoms with Crippen molar-refractivity contribution in [3.63, 3.8) is 0 Å². The van der Waals surface area contributed by atoms with Crippen LogP contribution < -0.4 is 0 Å². The maximum absolute atomic E-state index is 14.8. The van der Waals surface area contributed by atoms with Gasteiger partial charge in [-0.3, -0.25) is 0 Å². The highest BCUT2D eigenvalue weighted by Gasteiger charge is 2.93. The second-order valence-electron chi connectivity index (χ2n) is 6.85. The Hall–Kier alpha value is -2.11. The summed E-state index contributed by atoms with van der Waals surface area (Å²) in [7, 11) is 0. The van der Waals surface area contributed by atoms with Crippen molar-refractivity contribution >= 4 is 0 Å². The van der Waals surface area contributed by atoms with E-state index in [-0.39, 0.29) is 0 Å². The summed E-state index contributed by atoms with van der Waals surface area (Å²) in [6, 6.07) is 0. The molecule has 0 aromatic rings. The van der Waals surface area contributed by atoms with Crippen molar-refractivity contribution in [3.05, 3.63) is 11.8 Å². The average molecular weight is 626 g/mol. The summed E-state index contributed by atoms with van der Waals surface area (Å²) >= 11 is 0. The van der Waals surface area contributed by atoms with Crippen molar-refractivity contribution in [3.8, 4) is 0 Å². The van der Waals surface area contributed by atoms with Crippen molar-refractivity contribution in [1.29, 1.82) is 0 Å². The first kappa shape index (κ1) is 33.9. The topological polar surface area (TPSA) is 18.5 Å². The Kier molecular flexibility index (Phi) is 7.32. The maximum atomic E-state index is 14.8. The zero-order valence-electron chi connectivity index (χ0n) is 16.1. The molecule has 2 nitrogen and oxygen atoms in total. The Morgan fingerprint density at radius 3 is 0.947 bits per heavy atom. The number of alkyl halides is 23. The van der Waals surface area contributed by atoms with Crippen molar-refractivity contribution < 1.29 is 110 Å². The molecule has 0 N–H and O–H groups in total. The molecular formula is C13HF23O2. The summed E-state index contributed by atoms with van der Waals surface area (Å²) in [5.74, 6) is -27.6. The highest BCUT2D eigenvalue weighted by atomic mass is 19.4. The van der Waals surface area contributed by atoms with Crippen molar-refractivity contribution in [2.75, 3.05) is 0 Å². The monoisotopic (exact) mass is 626 g/mol. The summed E-state index contributed by atoms with van der Waals surface area (Å²) in [5.41, 5.74) is -16.7. The summed E-state index contributed by atoms with van der Waals surface area (Å²) in [6.07, 6.45) is -52.3. The van der Waals surface area contributed by atoms with Crippen LogP contribution in [-0.2, 0) is 9.47 Å². The van der Waals surface area contributed by atoms with Gasteiger partial charge in [-0.15, -0.1) is 0 Å². The average Bonchev–Trinajstić information content (AvgIpc) is 2.67. The van der Waals surface area contributed by atoms with Crippen LogP contribution in [0.25, 0.3) is 0 Å². The summed E-state index contributed by atoms with van der Waals surface area (Å²) in [5, 5.41) is 0. The van der Waals surface area contributed by atoms with Crippen LogP contribution >= 0.6 is 0 Å². The van der Waals surface area contributed by atoms with Crippen molar-refractivity contribution in [1.82, 2.24) is 0 Å². The van der Waals surface area contributed by atoms with E-state index in [2.05, 4.69) is 0 Å². The van der Waals surface area contributed by atoms with Gasteiger partial charge in [0.25, 0.3) is 0 Å². The van der Waals surface area contributed by atoms with Gasteiger partial charge < -0.3 is 9.47 Å². The molecule has 38 heavy (non-hydrogen) atoms. The normalized spacial score (nSPS) is 23.9. The molecule has 0 spiro atoms. The molecule has 0 saturated heterocycles.